The van der Waals surface area contributed by atoms with Gasteiger partial charge in [0, 0.05) is 23.2 Å². The van der Waals surface area contributed by atoms with Crippen molar-refractivity contribution in [3.63, 3.8) is 0 Å². The van der Waals surface area contributed by atoms with Crippen molar-refractivity contribution in [2.45, 2.75) is 111 Å². The molecule has 1 amide bonds. The molecule has 0 radical (unpaired) electrons. The minimum absolute atomic E-state index is 0. The lowest BCUT2D eigenvalue weighted by Gasteiger charge is -2.39. The number of aromatic nitrogens is 1. The second-order valence-electron chi connectivity index (χ2n) is 12.9. The van der Waals surface area contributed by atoms with Gasteiger partial charge in [-0.2, -0.15) is 0 Å². The molecule has 9 nitrogen and oxygen atoms in total. The van der Waals surface area contributed by atoms with Gasteiger partial charge in [-0.25, -0.2) is 9.56 Å². The quantitative estimate of drug-likeness (QED) is 0.112. The molecule has 2 N–H and O–H groups in total. The number of nitrogens with one attached hydrogen (secondary N) is 1. The van der Waals surface area contributed by atoms with E-state index in [4.69, 9.17) is 14.5 Å². The lowest BCUT2D eigenvalue weighted by Crippen LogP contribution is -3.00. The van der Waals surface area contributed by atoms with Crippen LogP contribution in [0, 0.1) is 23.2 Å². The van der Waals surface area contributed by atoms with Crippen molar-refractivity contribution in [3.05, 3.63) is 41.3 Å². The zero-order valence-corrected chi connectivity index (χ0v) is 27.7. The maximum absolute atomic E-state index is 13.8. The minimum Gasteiger partial charge on any atom is -1.00 e. The molecule has 1 aromatic rings. The standard InChI is InChI=1S/C32H41N3O6S.6CH4.ClH/c1-9-31(5,18-32(6,28(37)38)17-30(3,4)29(39)41-16-21-15-40-21)27(36)34-23-14-26-24(12-19(23)2)33-22-11-10-20(35(7)8)13-25(22)42-26;;;;;;;/h10-14,21H,9,15-18H2,1-8H3,(H,37,38);6*1H4;1H. The smallest absolute Gasteiger partial charge is 0.311 e. The fraction of sp³-hybridized carbons (Fsp3) is 0.605. The van der Waals surface area contributed by atoms with Crippen molar-refractivity contribution in [2.75, 3.05) is 32.6 Å². The molecule has 3 aliphatic rings. The van der Waals surface area contributed by atoms with Crippen molar-refractivity contribution < 1.29 is 41.4 Å². The third-order valence-corrected chi connectivity index (χ3v) is 9.38. The first-order valence-electron chi connectivity index (χ1n) is 14.3. The normalized spacial score (nSPS) is 15.2. The van der Waals surface area contributed by atoms with Crippen LogP contribution in [0.25, 0.3) is 20.8 Å². The van der Waals surface area contributed by atoms with Crippen molar-refractivity contribution in [1.82, 2.24) is 9.56 Å². The number of carbonyl (C=O) groups is 3. The van der Waals surface area contributed by atoms with E-state index in [1.165, 1.54) is 0 Å². The fourth-order valence-corrected chi connectivity index (χ4v) is 6.49. The van der Waals surface area contributed by atoms with Crippen LogP contribution in [-0.2, 0) is 23.9 Å². The van der Waals surface area contributed by atoms with Crippen LogP contribution < -0.4 is 27.7 Å². The first kappa shape index (κ1) is 52.7. The summed E-state index contributed by atoms with van der Waals surface area (Å²) in [7, 11) is 3.99. The van der Waals surface area contributed by atoms with Crippen LogP contribution in [0.5, 0.6) is 0 Å². The molecule has 1 saturated heterocycles. The SMILES string of the molecule is C.C.C.C.C.C.CCC(C)(CC(C)(CC(C)(C)C(=O)OCC1CO1)C(=O)O)C(=O)Nc1cc2sc3cc(=[N+](C)C)ccc-3nc2cc1C.[Cl-]. The van der Waals surface area contributed by atoms with Gasteiger partial charge in [-0.1, -0.05) is 58.4 Å². The van der Waals surface area contributed by atoms with Gasteiger partial charge in [-0.3, -0.25) is 14.4 Å². The van der Waals surface area contributed by atoms with E-state index in [1.54, 1.807) is 39.0 Å². The van der Waals surface area contributed by atoms with Crippen molar-refractivity contribution >= 4 is 45.1 Å². The van der Waals surface area contributed by atoms with E-state index in [-0.39, 0.29) is 88.4 Å². The Morgan fingerprint density at radius 3 is 2.10 bits per heavy atom. The first-order valence-corrected chi connectivity index (χ1v) is 15.1. The monoisotopic (exact) mass is 727 g/mol. The molecule has 1 fully saturated rings. The molecule has 3 unspecified atom stereocenters. The molecular weight excluding hydrogens is 662 g/mol. The number of nitrogens with zero attached hydrogens (tertiary/aromatic N) is 2. The first-order chi connectivity index (χ1) is 19.6. The molecule has 49 heavy (non-hydrogen) atoms. The largest absolute Gasteiger partial charge is 1.00 e. The highest BCUT2D eigenvalue weighted by molar-refractivity contribution is 7.21. The van der Waals surface area contributed by atoms with Crippen LogP contribution >= 0.6 is 11.3 Å². The van der Waals surface area contributed by atoms with Crippen LogP contribution in [0.4, 0.5) is 5.69 Å². The number of aryl methyl sites for hydroxylation is 1. The van der Waals surface area contributed by atoms with Crippen molar-refractivity contribution in [2.24, 2.45) is 16.2 Å². The topological polar surface area (TPSA) is 121 Å². The molecular formula is C38H66ClN3O6S. The Balaban J connectivity index is -0.00000145. The third-order valence-electron chi connectivity index (χ3n) is 8.29. The number of ether oxygens (including phenoxy) is 2. The zero-order chi connectivity index (χ0) is 31.0. The number of carboxylic acids is 1. The van der Waals surface area contributed by atoms with Gasteiger partial charge < -0.3 is 32.3 Å². The number of fused-ring (bicyclic) bond motifs is 2. The van der Waals surface area contributed by atoms with E-state index in [1.807, 2.05) is 56.8 Å². The molecule has 0 bridgehead atoms. The summed E-state index contributed by atoms with van der Waals surface area (Å²) in [6.07, 6.45) is 0.411. The summed E-state index contributed by atoms with van der Waals surface area (Å²) in [6.45, 7) is 11.3. The van der Waals surface area contributed by atoms with E-state index in [0.29, 0.717) is 18.7 Å². The molecule has 4 rings (SSSR count). The predicted octanol–water partition coefficient (Wildman–Crippen LogP) is 5.76. The van der Waals surface area contributed by atoms with Crippen molar-refractivity contribution in [3.8, 4) is 10.6 Å². The van der Waals surface area contributed by atoms with E-state index < -0.39 is 28.2 Å². The van der Waals surface area contributed by atoms with Crippen LogP contribution in [0.2, 0.25) is 0 Å². The molecule has 282 valence electrons. The van der Waals surface area contributed by atoms with Crippen LogP contribution in [0.15, 0.2) is 30.3 Å². The molecule has 0 saturated carbocycles. The number of carboxylic acid groups (broad SMARTS) is 1. The zero-order valence-electron chi connectivity index (χ0n) is 26.2. The summed E-state index contributed by atoms with van der Waals surface area (Å²) in [4.78, 5) is 45.2. The molecule has 1 aliphatic carbocycles. The Hall–Kier alpha value is -3.08. The maximum Gasteiger partial charge on any atom is 0.311 e. The minimum atomic E-state index is -1.35. The summed E-state index contributed by atoms with van der Waals surface area (Å²) >= 11 is 1.61. The van der Waals surface area contributed by atoms with Gasteiger partial charge in [0.15, 0.2) is 0 Å². The Bertz CT molecular complexity index is 1580. The van der Waals surface area contributed by atoms with E-state index in [0.717, 1.165) is 31.7 Å². The highest BCUT2D eigenvalue weighted by Crippen LogP contribution is 2.45. The van der Waals surface area contributed by atoms with Gasteiger partial charge in [0.05, 0.1) is 38.2 Å². The summed E-state index contributed by atoms with van der Waals surface area (Å²) < 4.78 is 13.5. The van der Waals surface area contributed by atoms with Crippen LogP contribution in [0.1, 0.15) is 104 Å². The molecule has 2 heterocycles. The number of anilines is 1. The summed E-state index contributed by atoms with van der Waals surface area (Å²) in [5, 5.41) is 14.5. The van der Waals surface area contributed by atoms with Gasteiger partial charge in [0.25, 0.3) is 0 Å². The molecule has 11 heteroatoms. The number of amides is 1. The number of halogens is 1. The molecule has 0 aromatic heterocycles. The van der Waals surface area contributed by atoms with Crippen LogP contribution in [-0.4, -0.2) is 61.3 Å². The number of esters is 1. The highest BCUT2D eigenvalue weighted by atomic mass is 35.5. The molecule has 0 spiro atoms. The predicted molar refractivity (Wildman–Crippen MR) is 205 cm³/mol. The van der Waals surface area contributed by atoms with Gasteiger partial charge in [0.1, 0.15) is 26.8 Å². The number of rotatable bonds is 11. The molecule has 3 atom stereocenters. The maximum atomic E-state index is 13.8. The number of benzene rings is 2. The van der Waals surface area contributed by atoms with Gasteiger partial charge in [0.2, 0.25) is 11.3 Å². The highest BCUT2D eigenvalue weighted by Gasteiger charge is 2.48. The molecule has 2 aliphatic heterocycles. The average molecular weight is 728 g/mol. The Labute approximate surface area is 307 Å². The third kappa shape index (κ3) is 12.0. The van der Waals surface area contributed by atoms with Crippen LogP contribution in [0.3, 0.4) is 0 Å². The number of aliphatic carboxylic acids is 1. The van der Waals surface area contributed by atoms with E-state index >= 15 is 0 Å². The fourth-order valence-electron chi connectivity index (χ4n) is 5.47. The summed E-state index contributed by atoms with van der Waals surface area (Å²) in [5.41, 5.74) is -0.144. The second-order valence-corrected chi connectivity index (χ2v) is 14.0. The number of carbonyl (C=O) groups excluding carboxylic acids is 2. The number of epoxide rings is 1. The average Bonchev–Trinajstić information content (AvgIpc) is 3.74. The van der Waals surface area contributed by atoms with Gasteiger partial charge in [-0.15, -0.1) is 11.3 Å². The Kier molecular flexibility index (Phi) is 21.5. The molecule has 1 aromatic carbocycles. The van der Waals surface area contributed by atoms with E-state index in [9.17, 15) is 19.5 Å². The Morgan fingerprint density at radius 1 is 1.00 bits per heavy atom. The second kappa shape index (κ2) is 19.9. The van der Waals surface area contributed by atoms with E-state index in [2.05, 4.69) is 11.4 Å². The number of hydrogen-bond donors (Lipinski definition) is 2. The lowest BCUT2D eigenvalue weighted by molar-refractivity contribution is -0.162. The summed E-state index contributed by atoms with van der Waals surface area (Å²) in [5.74, 6) is -1.79. The summed E-state index contributed by atoms with van der Waals surface area (Å²) in [6, 6.07) is 10.1. The lowest BCUT2D eigenvalue weighted by atomic mass is 9.65. The van der Waals surface area contributed by atoms with Gasteiger partial charge >= 0.3 is 11.9 Å². The Morgan fingerprint density at radius 2 is 1.59 bits per heavy atom. The van der Waals surface area contributed by atoms with Crippen molar-refractivity contribution in [1.29, 1.82) is 0 Å². The number of hydrogen-bond acceptors (Lipinski definition) is 7. The van der Waals surface area contributed by atoms with Gasteiger partial charge in [-0.05, 0) is 70.7 Å².